The van der Waals surface area contributed by atoms with E-state index < -0.39 is 10.8 Å². The van der Waals surface area contributed by atoms with Crippen molar-refractivity contribution in [3.63, 3.8) is 0 Å². The number of hydrogen-bond donors (Lipinski definition) is 2. The Morgan fingerprint density at radius 1 is 0.938 bits per heavy atom. The van der Waals surface area contributed by atoms with Crippen LogP contribution in [0, 0.1) is 0 Å². The van der Waals surface area contributed by atoms with E-state index in [9.17, 15) is 13.9 Å². The topological polar surface area (TPSA) is 73.2 Å². The van der Waals surface area contributed by atoms with Gasteiger partial charge in [0.25, 0.3) is 5.91 Å². The van der Waals surface area contributed by atoms with E-state index in [-0.39, 0.29) is 12.0 Å². The molecule has 0 bridgehead atoms. The molecular formula is C25H28N2O4S. The van der Waals surface area contributed by atoms with E-state index >= 15 is 0 Å². The molecule has 1 atom stereocenters. The lowest BCUT2D eigenvalue weighted by molar-refractivity contribution is 0.0860. The van der Waals surface area contributed by atoms with Gasteiger partial charge in [0, 0.05) is 19.6 Å². The molecule has 2 heterocycles. The van der Waals surface area contributed by atoms with Crippen LogP contribution in [0.4, 0.5) is 0 Å². The zero-order chi connectivity index (χ0) is 22.1. The molecule has 1 amide bonds. The smallest absolute Gasteiger partial charge is 0.274 e. The Bertz CT molecular complexity index is 1140. The molecule has 2 N–H and O–H groups in total. The molecule has 7 heteroatoms. The third-order valence-electron chi connectivity index (χ3n) is 6.28. The Balaban J connectivity index is 1.09. The fourth-order valence-electron chi connectivity index (χ4n) is 4.60. The molecule has 2 aliphatic rings. The molecule has 2 aliphatic heterocycles. The van der Waals surface area contributed by atoms with Crippen molar-refractivity contribution < 1.29 is 18.6 Å². The fourth-order valence-corrected chi connectivity index (χ4v) is 6.26. The van der Waals surface area contributed by atoms with Crippen molar-refractivity contribution in [1.29, 1.82) is 0 Å². The van der Waals surface area contributed by atoms with Gasteiger partial charge in [0.15, 0.2) is 0 Å². The number of rotatable bonds is 7. The zero-order valence-corrected chi connectivity index (χ0v) is 18.7. The van der Waals surface area contributed by atoms with Gasteiger partial charge in [-0.25, -0.2) is 4.31 Å². The molecule has 1 unspecified atom stereocenters. The number of amides is 1. The molecule has 6 nitrogen and oxygen atoms in total. The highest BCUT2D eigenvalue weighted by molar-refractivity contribution is 8.23. The maximum Gasteiger partial charge on any atom is 0.274 e. The highest BCUT2D eigenvalue weighted by Gasteiger charge is 2.40. The van der Waals surface area contributed by atoms with E-state index in [4.69, 9.17) is 4.74 Å². The summed E-state index contributed by atoms with van der Waals surface area (Å²) in [5, 5.41) is 2.40. The normalized spacial score (nSPS) is 21.1. The predicted octanol–water partition coefficient (Wildman–Crippen LogP) is 5.25. The van der Waals surface area contributed by atoms with Gasteiger partial charge in [0.1, 0.15) is 11.9 Å². The first-order valence-electron chi connectivity index (χ1n) is 11.1. The number of nitrogens with zero attached hydrogens (tertiary/aromatic N) is 2. The molecule has 0 aliphatic carbocycles. The second-order valence-corrected chi connectivity index (χ2v) is 10.4. The molecule has 1 saturated heterocycles. The second kappa shape index (κ2) is 8.75. The van der Waals surface area contributed by atoms with Crippen LogP contribution >= 0.6 is 10.8 Å². The maximum atomic E-state index is 12.6. The summed E-state index contributed by atoms with van der Waals surface area (Å²) in [6.07, 6.45) is 2.78. The summed E-state index contributed by atoms with van der Waals surface area (Å²) < 4.78 is 28.6. The summed E-state index contributed by atoms with van der Waals surface area (Å²) in [5.74, 6) is 0.624. The number of hydrogen-bond acceptors (Lipinski definition) is 5. The van der Waals surface area contributed by atoms with E-state index in [2.05, 4.69) is 29.2 Å². The molecule has 3 aromatic carbocycles. The monoisotopic (exact) mass is 452 g/mol. The first-order valence-corrected chi connectivity index (χ1v) is 12.6. The van der Waals surface area contributed by atoms with Crippen molar-refractivity contribution in [3.05, 3.63) is 72.3 Å². The number of fused-ring (bicyclic) bond motifs is 2. The van der Waals surface area contributed by atoms with Crippen LogP contribution in [0.25, 0.3) is 10.8 Å². The number of ether oxygens (including phenoxy) is 1. The SMILES string of the molecule is O=C1c2ccccc2S(O)(O)N1CCCCN1CCC(Oc2ccc3ccccc3c2)C1. The van der Waals surface area contributed by atoms with E-state index in [1.165, 1.54) is 15.1 Å². The van der Waals surface area contributed by atoms with Crippen LogP contribution < -0.4 is 4.74 Å². The second-order valence-electron chi connectivity index (χ2n) is 8.47. The number of carbonyl (C=O) groups excluding carboxylic acids is 1. The molecule has 1 fully saturated rings. The highest BCUT2D eigenvalue weighted by atomic mass is 32.3. The number of benzene rings is 3. The van der Waals surface area contributed by atoms with Crippen molar-refractivity contribution in [2.45, 2.75) is 30.3 Å². The average Bonchev–Trinajstić information content (AvgIpc) is 3.32. The van der Waals surface area contributed by atoms with E-state index in [1.54, 1.807) is 24.3 Å². The minimum atomic E-state index is -3.20. The molecule has 32 heavy (non-hydrogen) atoms. The molecule has 0 saturated carbocycles. The van der Waals surface area contributed by atoms with Crippen LogP contribution in [-0.4, -0.2) is 56.5 Å². The van der Waals surface area contributed by atoms with Crippen LogP contribution in [0.15, 0.2) is 71.6 Å². The van der Waals surface area contributed by atoms with Gasteiger partial charge in [-0.3, -0.25) is 18.8 Å². The molecule has 3 aromatic rings. The minimum Gasteiger partial charge on any atom is -0.489 e. The van der Waals surface area contributed by atoms with E-state index in [1.807, 2.05) is 18.2 Å². The molecule has 5 rings (SSSR count). The summed E-state index contributed by atoms with van der Waals surface area (Å²) in [5.41, 5.74) is 0.403. The standard InChI is InChI=1S/C25H28N2O4S/c28-25-23-9-3-4-10-24(23)32(29,30)27(25)15-6-5-14-26-16-13-22(18-26)31-21-12-11-19-7-1-2-8-20(19)17-21/h1-4,7-12,17,22,29-30H,5-6,13-16,18H2. The van der Waals surface area contributed by atoms with Crippen LogP contribution in [0.5, 0.6) is 5.75 Å². The maximum absolute atomic E-state index is 12.6. The van der Waals surface area contributed by atoms with Gasteiger partial charge in [0.2, 0.25) is 0 Å². The third kappa shape index (κ3) is 4.09. The Morgan fingerprint density at radius 2 is 1.69 bits per heavy atom. The lowest BCUT2D eigenvalue weighted by Crippen LogP contribution is -2.30. The van der Waals surface area contributed by atoms with Gasteiger partial charge >= 0.3 is 0 Å². The summed E-state index contributed by atoms with van der Waals surface area (Å²) in [6, 6.07) is 21.3. The van der Waals surface area contributed by atoms with Crippen LogP contribution in [0.1, 0.15) is 29.6 Å². The molecule has 0 aromatic heterocycles. The first-order chi connectivity index (χ1) is 15.5. The Kier molecular flexibility index (Phi) is 5.82. The Hall–Kier alpha value is -2.58. The Labute approximate surface area is 189 Å². The minimum absolute atomic E-state index is 0.179. The van der Waals surface area contributed by atoms with E-state index in [0.717, 1.165) is 44.6 Å². The third-order valence-corrected chi connectivity index (χ3v) is 8.19. The van der Waals surface area contributed by atoms with Crippen LogP contribution in [0.3, 0.4) is 0 Å². The molecule has 0 radical (unpaired) electrons. The quantitative estimate of drug-likeness (QED) is 0.479. The largest absolute Gasteiger partial charge is 0.489 e. The first kappa shape index (κ1) is 21.3. The van der Waals surface area contributed by atoms with Crippen molar-refractivity contribution in [3.8, 4) is 5.75 Å². The fraction of sp³-hybridized carbons (Fsp3) is 0.320. The number of likely N-dealkylation sites (tertiary alicyclic amines) is 1. The van der Waals surface area contributed by atoms with Crippen LogP contribution in [-0.2, 0) is 0 Å². The summed E-state index contributed by atoms with van der Waals surface area (Å²) in [6.45, 7) is 3.13. The number of carbonyl (C=O) groups is 1. The summed E-state index contributed by atoms with van der Waals surface area (Å²) >= 11 is 0. The average molecular weight is 453 g/mol. The lowest BCUT2D eigenvalue weighted by Gasteiger charge is -2.37. The van der Waals surface area contributed by atoms with E-state index in [0.29, 0.717) is 17.0 Å². The van der Waals surface area contributed by atoms with Crippen LogP contribution in [0.2, 0.25) is 0 Å². The van der Waals surface area contributed by atoms with Gasteiger partial charge in [-0.15, -0.1) is 0 Å². The molecular weight excluding hydrogens is 424 g/mol. The lowest BCUT2D eigenvalue weighted by atomic mass is 10.1. The highest BCUT2D eigenvalue weighted by Crippen LogP contribution is 2.58. The van der Waals surface area contributed by atoms with Crippen molar-refractivity contribution >= 4 is 27.5 Å². The Morgan fingerprint density at radius 3 is 2.53 bits per heavy atom. The summed E-state index contributed by atoms with van der Waals surface area (Å²) in [7, 11) is -3.20. The molecule has 168 valence electrons. The van der Waals surface area contributed by atoms with Crippen molar-refractivity contribution in [2.75, 3.05) is 26.2 Å². The number of unbranched alkanes of at least 4 members (excludes halogenated alkanes) is 1. The van der Waals surface area contributed by atoms with Gasteiger partial charge in [-0.2, -0.15) is 0 Å². The van der Waals surface area contributed by atoms with Crippen molar-refractivity contribution in [2.24, 2.45) is 0 Å². The van der Waals surface area contributed by atoms with Gasteiger partial charge in [-0.1, -0.05) is 53.2 Å². The van der Waals surface area contributed by atoms with Gasteiger partial charge < -0.3 is 4.74 Å². The van der Waals surface area contributed by atoms with Crippen molar-refractivity contribution in [1.82, 2.24) is 9.21 Å². The van der Waals surface area contributed by atoms with Gasteiger partial charge in [0.05, 0.1) is 10.5 Å². The predicted molar refractivity (Wildman–Crippen MR) is 127 cm³/mol. The summed E-state index contributed by atoms with van der Waals surface area (Å²) in [4.78, 5) is 15.3. The van der Waals surface area contributed by atoms with Gasteiger partial charge in [-0.05, 0) is 60.8 Å². The molecule has 0 spiro atoms. The zero-order valence-electron chi connectivity index (χ0n) is 17.9.